The SMILES string of the molecule is CONC(=O)c1cccc(S(=O)(=O)N2CCCCCC2)c1. The molecule has 1 aliphatic heterocycles. The van der Waals surface area contributed by atoms with Crippen molar-refractivity contribution in [2.45, 2.75) is 30.6 Å². The molecule has 0 spiro atoms. The summed E-state index contributed by atoms with van der Waals surface area (Å²) in [6.45, 7) is 1.08. The molecule has 0 unspecified atom stereocenters. The molecule has 0 bridgehead atoms. The van der Waals surface area contributed by atoms with Crippen LogP contribution >= 0.6 is 0 Å². The van der Waals surface area contributed by atoms with Crippen LogP contribution < -0.4 is 5.48 Å². The van der Waals surface area contributed by atoms with E-state index in [2.05, 4.69) is 10.3 Å². The molecule has 21 heavy (non-hydrogen) atoms. The van der Waals surface area contributed by atoms with Gasteiger partial charge in [0.05, 0.1) is 12.0 Å². The standard InChI is InChI=1S/C14H20N2O4S/c1-20-15-14(17)12-7-6-8-13(11-12)21(18,19)16-9-4-2-3-5-10-16/h6-8,11H,2-5,9-10H2,1H3,(H,15,17). The lowest BCUT2D eigenvalue weighted by Gasteiger charge is -2.20. The first-order valence-electron chi connectivity index (χ1n) is 6.99. The molecule has 0 atom stereocenters. The maximum absolute atomic E-state index is 12.6. The van der Waals surface area contributed by atoms with E-state index in [1.807, 2.05) is 0 Å². The van der Waals surface area contributed by atoms with Crippen molar-refractivity contribution in [1.29, 1.82) is 0 Å². The van der Waals surface area contributed by atoms with Gasteiger partial charge in [-0.25, -0.2) is 13.9 Å². The van der Waals surface area contributed by atoms with Crippen LogP contribution in [0.2, 0.25) is 0 Å². The van der Waals surface area contributed by atoms with Crippen LogP contribution in [-0.4, -0.2) is 38.8 Å². The van der Waals surface area contributed by atoms with Gasteiger partial charge >= 0.3 is 0 Å². The quantitative estimate of drug-likeness (QED) is 0.856. The van der Waals surface area contributed by atoms with Crippen LogP contribution in [0.5, 0.6) is 0 Å². The molecule has 0 aromatic heterocycles. The smallest absolute Gasteiger partial charge is 0.274 e. The number of nitrogens with one attached hydrogen (secondary N) is 1. The van der Waals surface area contributed by atoms with Crippen LogP contribution in [0.3, 0.4) is 0 Å². The van der Waals surface area contributed by atoms with Gasteiger partial charge in [0.2, 0.25) is 10.0 Å². The molecule has 2 rings (SSSR count). The van der Waals surface area contributed by atoms with Gasteiger partial charge in [0, 0.05) is 18.7 Å². The van der Waals surface area contributed by atoms with E-state index in [1.54, 1.807) is 12.1 Å². The Kier molecular flexibility index (Phi) is 5.33. The lowest BCUT2D eigenvalue weighted by molar-refractivity contribution is 0.0537. The summed E-state index contributed by atoms with van der Waals surface area (Å²) < 4.78 is 26.8. The minimum Gasteiger partial charge on any atom is -0.277 e. The van der Waals surface area contributed by atoms with E-state index in [9.17, 15) is 13.2 Å². The van der Waals surface area contributed by atoms with Crippen molar-refractivity contribution in [2.75, 3.05) is 20.2 Å². The van der Waals surface area contributed by atoms with Gasteiger partial charge in [-0.2, -0.15) is 4.31 Å². The van der Waals surface area contributed by atoms with Gasteiger partial charge in [-0.15, -0.1) is 0 Å². The summed E-state index contributed by atoms with van der Waals surface area (Å²) in [5.74, 6) is -0.467. The zero-order valence-electron chi connectivity index (χ0n) is 12.0. The monoisotopic (exact) mass is 312 g/mol. The summed E-state index contributed by atoms with van der Waals surface area (Å²) in [5.41, 5.74) is 2.44. The third-order valence-corrected chi connectivity index (χ3v) is 5.39. The molecule has 1 aromatic rings. The van der Waals surface area contributed by atoms with Crippen LogP contribution in [0.1, 0.15) is 36.0 Å². The second kappa shape index (κ2) is 7.02. The molecule has 6 nitrogen and oxygen atoms in total. The highest BCUT2D eigenvalue weighted by Crippen LogP contribution is 2.21. The van der Waals surface area contributed by atoms with E-state index in [0.29, 0.717) is 13.1 Å². The van der Waals surface area contributed by atoms with Gasteiger partial charge in [-0.3, -0.25) is 9.63 Å². The number of carbonyl (C=O) groups excluding carboxylic acids is 1. The number of rotatable bonds is 4. The predicted molar refractivity (Wildman–Crippen MR) is 78.1 cm³/mol. The number of hydroxylamine groups is 1. The van der Waals surface area contributed by atoms with Crippen molar-refractivity contribution in [3.05, 3.63) is 29.8 Å². The van der Waals surface area contributed by atoms with E-state index in [1.165, 1.54) is 23.5 Å². The molecule has 1 aromatic carbocycles. The Hall–Kier alpha value is -1.44. The molecule has 1 amide bonds. The van der Waals surface area contributed by atoms with Crippen molar-refractivity contribution < 1.29 is 18.0 Å². The maximum Gasteiger partial charge on any atom is 0.274 e. The Morgan fingerprint density at radius 3 is 2.48 bits per heavy atom. The van der Waals surface area contributed by atoms with Crippen molar-refractivity contribution in [3.8, 4) is 0 Å². The third-order valence-electron chi connectivity index (χ3n) is 3.49. The van der Waals surface area contributed by atoms with Crippen molar-refractivity contribution >= 4 is 15.9 Å². The fraction of sp³-hybridized carbons (Fsp3) is 0.500. The van der Waals surface area contributed by atoms with Crippen molar-refractivity contribution in [2.24, 2.45) is 0 Å². The van der Waals surface area contributed by atoms with Crippen molar-refractivity contribution in [1.82, 2.24) is 9.79 Å². The Bertz CT molecular complexity index is 593. The van der Waals surface area contributed by atoms with Crippen LogP contribution in [0.25, 0.3) is 0 Å². The Balaban J connectivity index is 2.27. The lowest BCUT2D eigenvalue weighted by atomic mass is 10.2. The number of sulfonamides is 1. The largest absolute Gasteiger partial charge is 0.277 e. The molecule has 0 radical (unpaired) electrons. The minimum atomic E-state index is -3.54. The summed E-state index contributed by atoms with van der Waals surface area (Å²) in [5, 5.41) is 0. The first kappa shape index (κ1) is 15.9. The average molecular weight is 312 g/mol. The molecule has 0 aliphatic carbocycles. The summed E-state index contributed by atoms with van der Waals surface area (Å²) >= 11 is 0. The van der Waals surface area contributed by atoms with E-state index in [4.69, 9.17) is 0 Å². The van der Waals surface area contributed by atoms with E-state index in [-0.39, 0.29) is 10.5 Å². The van der Waals surface area contributed by atoms with Gasteiger partial charge < -0.3 is 0 Å². The highest BCUT2D eigenvalue weighted by molar-refractivity contribution is 7.89. The Morgan fingerprint density at radius 1 is 1.19 bits per heavy atom. The summed E-state index contributed by atoms with van der Waals surface area (Å²) in [6, 6.07) is 6.02. The number of hydrogen-bond acceptors (Lipinski definition) is 4. The number of amides is 1. The van der Waals surface area contributed by atoms with Crippen LogP contribution in [0.4, 0.5) is 0 Å². The van der Waals surface area contributed by atoms with Gasteiger partial charge in [0.1, 0.15) is 0 Å². The van der Waals surface area contributed by atoms with E-state index >= 15 is 0 Å². The molecule has 1 aliphatic rings. The zero-order chi connectivity index (χ0) is 15.3. The molecule has 7 heteroatoms. The molecule has 1 heterocycles. The maximum atomic E-state index is 12.6. The van der Waals surface area contributed by atoms with Crippen LogP contribution in [0, 0.1) is 0 Å². The average Bonchev–Trinajstić information content (AvgIpc) is 2.77. The van der Waals surface area contributed by atoms with Crippen molar-refractivity contribution in [3.63, 3.8) is 0 Å². The fourth-order valence-corrected chi connectivity index (χ4v) is 3.94. The summed E-state index contributed by atoms with van der Waals surface area (Å²) in [6.07, 6.45) is 3.87. The minimum absolute atomic E-state index is 0.146. The molecule has 1 fully saturated rings. The third kappa shape index (κ3) is 3.81. The van der Waals surface area contributed by atoms with Gasteiger partial charge in [0.15, 0.2) is 0 Å². The molecular formula is C14H20N2O4S. The molecule has 1 N–H and O–H groups in total. The molecule has 1 saturated heterocycles. The number of benzene rings is 1. The van der Waals surface area contributed by atoms with Crippen LogP contribution in [-0.2, 0) is 14.9 Å². The predicted octanol–water partition coefficient (Wildman–Crippen LogP) is 1.54. The van der Waals surface area contributed by atoms with Gasteiger partial charge in [-0.1, -0.05) is 18.9 Å². The second-order valence-electron chi connectivity index (χ2n) is 4.98. The molecular weight excluding hydrogens is 292 g/mol. The van der Waals surface area contributed by atoms with E-state index in [0.717, 1.165) is 25.7 Å². The molecule has 0 saturated carbocycles. The zero-order valence-corrected chi connectivity index (χ0v) is 12.9. The first-order valence-corrected chi connectivity index (χ1v) is 8.43. The Labute approximate surface area is 125 Å². The van der Waals surface area contributed by atoms with Gasteiger partial charge in [-0.05, 0) is 31.0 Å². The van der Waals surface area contributed by atoms with Crippen LogP contribution in [0.15, 0.2) is 29.2 Å². The molecule has 116 valence electrons. The number of nitrogens with zero attached hydrogens (tertiary/aromatic N) is 1. The fourth-order valence-electron chi connectivity index (χ4n) is 2.38. The second-order valence-corrected chi connectivity index (χ2v) is 6.92. The normalized spacial score (nSPS) is 17.2. The first-order chi connectivity index (χ1) is 10.1. The lowest BCUT2D eigenvalue weighted by Crippen LogP contribution is -2.32. The number of carbonyl (C=O) groups is 1. The highest BCUT2D eigenvalue weighted by atomic mass is 32.2. The highest BCUT2D eigenvalue weighted by Gasteiger charge is 2.25. The summed E-state index contributed by atoms with van der Waals surface area (Å²) in [4.78, 5) is 16.4. The number of hydrogen-bond donors (Lipinski definition) is 1. The topological polar surface area (TPSA) is 75.7 Å². The van der Waals surface area contributed by atoms with E-state index < -0.39 is 15.9 Å². The van der Waals surface area contributed by atoms with Gasteiger partial charge in [0.25, 0.3) is 5.91 Å². The Morgan fingerprint density at radius 2 is 1.86 bits per heavy atom. The summed E-state index contributed by atoms with van der Waals surface area (Å²) in [7, 11) is -2.21.